The predicted octanol–water partition coefficient (Wildman–Crippen LogP) is 6.43. The van der Waals surface area contributed by atoms with E-state index in [0.717, 1.165) is 52.8 Å². The highest BCUT2D eigenvalue weighted by atomic mass is 35.5. The normalized spacial score (nSPS) is 27.2. The van der Waals surface area contributed by atoms with Crippen LogP contribution in [0.2, 0.25) is 0 Å². The molecular weight excluding hydrogens is 446 g/mol. The molecule has 4 bridgehead atoms. The molecule has 0 unspecified atom stereocenters. The van der Waals surface area contributed by atoms with Gasteiger partial charge in [0.25, 0.3) is 0 Å². The Kier molecular flexibility index (Phi) is 6.24. The van der Waals surface area contributed by atoms with Crippen LogP contribution in [0.25, 0.3) is 11.4 Å². The van der Waals surface area contributed by atoms with Crippen LogP contribution in [0, 0.1) is 17.8 Å². The number of hydrogen-bond acceptors (Lipinski definition) is 3. The minimum Gasteiger partial charge on any atom is -0.497 e. The Balaban J connectivity index is 0.00000241. The molecule has 4 aliphatic rings. The Labute approximate surface area is 207 Å². The van der Waals surface area contributed by atoms with Crippen LogP contribution in [0.1, 0.15) is 55.5 Å². The van der Waals surface area contributed by atoms with Gasteiger partial charge >= 0.3 is 0 Å². The van der Waals surface area contributed by atoms with Crippen LogP contribution in [0.15, 0.2) is 47.5 Å². The Bertz CT molecular complexity index is 1130. The maximum Gasteiger partial charge on any atom is 0.146 e. The molecule has 180 valence electrons. The summed E-state index contributed by atoms with van der Waals surface area (Å²) in [5.74, 6) is 4.43. The highest BCUT2D eigenvalue weighted by molar-refractivity contribution is 5.85. The Morgan fingerprint density at radius 2 is 1.56 bits per heavy atom. The lowest BCUT2D eigenvalue weighted by Gasteiger charge is -2.54. The number of hydrogen-bond donors (Lipinski definition) is 2. The number of ether oxygens (including phenoxy) is 2. The summed E-state index contributed by atoms with van der Waals surface area (Å²) in [4.78, 5) is 12.3. The molecule has 2 N–H and O–H groups in total. The molecule has 1 aromatic carbocycles. The number of methoxy groups -OCH3 is 2. The Morgan fingerprint density at radius 3 is 2.18 bits per heavy atom. The Hall–Kier alpha value is -2.66. The summed E-state index contributed by atoms with van der Waals surface area (Å²) >= 11 is 0. The number of rotatable bonds is 7. The second-order valence-electron chi connectivity index (χ2n) is 10.5. The molecule has 0 saturated heterocycles. The van der Waals surface area contributed by atoms with E-state index >= 15 is 0 Å². The number of nitrogens with zero attached hydrogens (tertiary/aromatic N) is 1. The van der Waals surface area contributed by atoms with E-state index in [-0.39, 0.29) is 17.9 Å². The summed E-state index contributed by atoms with van der Waals surface area (Å²) in [6, 6.07) is 14.6. The molecule has 34 heavy (non-hydrogen) atoms. The Morgan fingerprint density at radius 1 is 0.882 bits per heavy atom. The average molecular weight is 480 g/mol. The predicted molar refractivity (Wildman–Crippen MR) is 139 cm³/mol. The largest absolute Gasteiger partial charge is 0.497 e. The molecule has 4 saturated carbocycles. The molecule has 2 heterocycles. The van der Waals surface area contributed by atoms with Gasteiger partial charge in [0.1, 0.15) is 11.5 Å². The third-order valence-corrected chi connectivity index (χ3v) is 8.09. The number of aromatic nitrogens is 2. The van der Waals surface area contributed by atoms with Crippen molar-refractivity contribution >= 4 is 18.6 Å². The summed E-state index contributed by atoms with van der Waals surface area (Å²) in [6.07, 6.45) is 11.0. The van der Waals surface area contributed by atoms with Crippen LogP contribution in [0.3, 0.4) is 0 Å². The van der Waals surface area contributed by atoms with Crippen molar-refractivity contribution in [2.45, 2.75) is 50.5 Å². The monoisotopic (exact) mass is 479 g/mol. The van der Waals surface area contributed by atoms with E-state index in [1.165, 1.54) is 49.8 Å². The fourth-order valence-corrected chi connectivity index (χ4v) is 6.95. The summed E-state index contributed by atoms with van der Waals surface area (Å²) in [7, 11) is 3.43. The standard InChI is InChI=1S/C28H33N3O2.ClH/c1-32-23-6-3-18(4-7-23)12-22-5-8-24(30-22)25-13-27(33-2)26(31-25)17-29-28-14-19-9-20(15-28)11-21(10-19)16-28;/h3-8,13,17,19-21,30-31H,9-12,14-16H2,1-2H3;1H. The first-order chi connectivity index (χ1) is 16.1. The van der Waals surface area contributed by atoms with Crippen LogP contribution in [0.5, 0.6) is 11.5 Å². The third kappa shape index (κ3) is 4.38. The van der Waals surface area contributed by atoms with Crippen LogP contribution < -0.4 is 9.47 Å². The van der Waals surface area contributed by atoms with Crippen molar-refractivity contribution in [1.82, 2.24) is 9.97 Å². The summed E-state index contributed by atoms with van der Waals surface area (Å²) < 4.78 is 11.0. The summed E-state index contributed by atoms with van der Waals surface area (Å²) in [6.45, 7) is 0. The van der Waals surface area contributed by atoms with Gasteiger partial charge in [-0.25, -0.2) is 0 Å². The first-order valence-electron chi connectivity index (χ1n) is 12.2. The van der Waals surface area contributed by atoms with E-state index in [1.807, 2.05) is 12.1 Å². The molecule has 5 nitrogen and oxygen atoms in total. The third-order valence-electron chi connectivity index (χ3n) is 8.09. The molecule has 4 fully saturated rings. The molecule has 4 aliphatic carbocycles. The topological polar surface area (TPSA) is 62.4 Å². The SMILES string of the molecule is COc1ccc(Cc2ccc(-c3cc(OC)c(C=NC45CC6CC(CC(C6)C4)C5)[nH]3)[nH]2)cc1.Cl. The van der Waals surface area contributed by atoms with Crippen LogP contribution >= 0.6 is 12.4 Å². The van der Waals surface area contributed by atoms with Crippen LogP contribution in [0.4, 0.5) is 0 Å². The second-order valence-corrected chi connectivity index (χ2v) is 10.5. The number of benzene rings is 1. The van der Waals surface area contributed by atoms with Crippen molar-refractivity contribution in [2.75, 3.05) is 14.2 Å². The van der Waals surface area contributed by atoms with E-state index in [0.29, 0.717) is 0 Å². The first kappa shape index (κ1) is 23.1. The molecule has 6 heteroatoms. The molecule has 2 aromatic heterocycles. The number of aromatic amines is 2. The van der Waals surface area contributed by atoms with Gasteiger partial charge in [-0.2, -0.15) is 0 Å². The first-order valence-corrected chi connectivity index (χ1v) is 12.2. The van der Waals surface area contributed by atoms with Crippen LogP contribution in [-0.2, 0) is 6.42 Å². The van der Waals surface area contributed by atoms with E-state index in [2.05, 4.69) is 46.5 Å². The number of aliphatic imine (C=N–C) groups is 1. The van der Waals surface area contributed by atoms with Gasteiger partial charge in [-0.3, -0.25) is 4.99 Å². The molecule has 0 spiro atoms. The second kappa shape index (κ2) is 9.18. The quantitative estimate of drug-likeness (QED) is 0.383. The maximum atomic E-state index is 5.69. The van der Waals surface area contributed by atoms with E-state index in [1.54, 1.807) is 14.2 Å². The van der Waals surface area contributed by atoms with E-state index in [9.17, 15) is 0 Å². The summed E-state index contributed by atoms with van der Waals surface area (Å²) in [5.41, 5.74) is 5.65. The van der Waals surface area contributed by atoms with Gasteiger partial charge < -0.3 is 19.4 Å². The molecule has 0 aliphatic heterocycles. The lowest BCUT2D eigenvalue weighted by atomic mass is 9.53. The number of H-pyrrole nitrogens is 2. The minimum absolute atomic E-state index is 0. The fraction of sp³-hybridized carbons (Fsp3) is 0.464. The zero-order valence-electron chi connectivity index (χ0n) is 20.0. The van der Waals surface area contributed by atoms with Crippen molar-refractivity contribution in [1.29, 1.82) is 0 Å². The van der Waals surface area contributed by atoms with Gasteiger partial charge in [0.05, 0.1) is 36.8 Å². The number of nitrogens with one attached hydrogen (secondary N) is 2. The molecular formula is C28H34ClN3O2. The maximum absolute atomic E-state index is 5.69. The molecule has 7 rings (SSSR count). The van der Waals surface area contributed by atoms with Crippen molar-refractivity contribution in [3.05, 3.63) is 59.4 Å². The highest BCUT2D eigenvalue weighted by Gasteiger charge is 2.50. The number of halogens is 1. The van der Waals surface area contributed by atoms with Crippen LogP contribution in [-0.4, -0.2) is 35.9 Å². The lowest BCUT2D eigenvalue weighted by Crippen LogP contribution is -2.49. The van der Waals surface area contributed by atoms with Crippen molar-refractivity contribution < 1.29 is 9.47 Å². The molecule has 0 radical (unpaired) electrons. The van der Waals surface area contributed by atoms with Crippen molar-refractivity contribution in [3.8, 4) is 22.9 Å². The molecule has 0 atom stereocenters. The molecule has 3 aromatic rings. The van der Waals surface area contributed by atoms with Crippen molar-refractivity contribution in [3.63, 3.8) is 0 Å². The van der Waals surface area contributed by atoms with E-state index < -0.39 is 0 Å². The molecule has 0 amide bonds. The van der Waals surface area contributed by atoms with E-state index in [4.69, 9.17) is 14.5 Å². The minimum atomic E-state index is 0. The highest BCUT2D eigenvalue weighted by Crippen LogP contribution is 2.57. The van der Waals surface area contributed by atoms with Gasteiger partial charge in [-0.05, 0) is 86.1 Å². The smallest absolute Gasteiger partial charge is 0.146 e. The lowest BCUT2D eigenvalue weighted by molar-refractivity contribution is 0.00194. The fourth-order valence-electron chi connectivity index (χ4n) is 6.95. The van der Waals surface area contributed by atoms with Gasteiger partial charge in [0.15, 0.2) is 0 Å². The van der Waals surface area contributed by atoms with Gasteiger partial charge in [-0.1, -0.05) is 12.1 Å². The zero-order chi connectivity index (χ0) is 22.4. The van der Waals surface area contributed by atoms with Gasteiger partial charge in [0.2, 0.25) is 0 Å². The van der Waals surface area contributed by atoms with Crippen molar-refractivity contribution in [2.24, 2.45) is 22.7 Å². The average Bonchev–Trinajstić information content (AvgIpc) is 3.44. The summed E-state index contributed by atoms with van der Waals surface area (Å²) in [5, 5.41) is 0. The zero-order valence-corrected chi connectivity index (χ0v) is 20.8. The van der Waals surface area contributed by atoms with Gasteiger partial charge in [-0.15, -0.1) is 12.4 Å². The van der Waals surface area contributed by atoms with Gasteiger partial charge in [0, 0.05) is 24.4 Å².